The van der Waals surface area contributed by atoms with Crippen LogP contribution in [0, 0.1) is 0 Å². The minimum Gasteiger partial charge on any atom is -0.741 e. The fraction of sp³-hybridized carbons (Fsp3) is 0.0909. The molecule has 6 nitrogen and oxygen atoms in total. The molecule has 0 spiro atoms. The number of anilines is 1. The number of rotatable bonds is 4. The van der Waals surface area contributed by atoms with Crippen molar-refractivity contribution in [2.45, 2.75) is 0 Å². The van der Waals surface area contributed by atoms with Crippen LogP contribution >= 0.6 is 0 Å². The standard InChI is InChI=1S/C11H14N6S2.Cu/c1-12-10(18)16-13-7-8-14-17-11(19)15-9-5-3-2-4-6-9;/h2-8H,1H3,(H2,12,16,18)(H2,15,17,19);/q;+2/p-2. The molecule has 0 unspecified atom stereocenters. The van der Waals surface area contributed by atoms with Gasteiger partial charge in [0.25, 0.3) is 0 Å². The first-order chi connectivity index (χ1) is 9.22. The van der Waals surface area contributed by atoms with E-state index in [1.807, 2.05) is 30.3 Å². The first kappa shape index (κ1) is 18.5. The van der Waals surface area contributed by atoms with Gasteiger partial charge in [0.1, 0.15) is 0 Å². The number of nitrogens with zero attached hydrogens (tertiary/aromatic N) is 4. The molecular formula is C11H12CuN6S2. The second-order valence-corrected chi connectivity index (χ2v) is 3.85. The Morgan fingerprint density at radius 2 is 1.55 bits per heavy atom. The van der Waals surface area contributed by atoms with E-state index < -0.39 is 0 Å². The first-order valence-corrected chi connectivity index (χ1v) is 6.08. The Bertz CT molecular complexity index is 501. The molecule has 0 amide bonds. The maximum atomic E-state index is 4.98. The van der Waals surface area contributed by atoms with E-state index in [1.54, 1.807) is 7.05 Å². The largest absolute Gasteiger partial charge is 2.00 e. The van der Waals surface area contributed by atoms with Gasteiger partial charge in [-0.2, -0.15) is 20.4 Å². The molecule has 0 saturated heterocycles. The van der Waals surface area contributed by atoms with Gasteiger partial charge in [0.15, 0.2) is 0 Å². The number of amidine groups is 2. The van der Waals surface area contributed by atoms with E-state index >= 15 is 0 Å². The summed E-state index contributed by atoms with van der Waals surface area (Å²) >= 11 is 9.74. The average molecular weight is 356 g/mol. The molecule has 0 aromatic heterocycles. The maximum absolute atomic E-state index is 4.98. The van der Waals surface area contributed by atoms with Crippen LogP contribution in [0.3, 0.4) is 0 Å². The number of benzene rings is 1. The fourth-order valence-electron chi connectivity index (χ4n) is 0.951. The van der Waals surface area contributed by atoms with Crippen LogP contribution in [0.25, 0.3) is 0 Å². The molecule has 1 aromatic rings. The van der Waals surface area contributed by atoms with Crippen LogP contribution in [-0.2, 0) is 42.3 Å². The minimum atomic E-state index is 0. The van der Waals surface area contributed by atoms with Gasteiger partial charge in [-0.15, -0.1) is 0 Å². The monoisotopic (exact) mass is 355 g/mol. The SMILES string of the molecule is CNC([S-])=NN=CC=NN=C([S-])Nc1ccccc1.[Cu+2]. The summed E-state index contributed by atoms with van der Waals surface area (Å²) in [5.41, 5.74) is 0.856. The molecule has 0 saturated carbocycles. The molecule has 109 valence electrons. The molecular weight excluding hydrogens is 344 g/mol. The van der Waals surface area contributed by atoms with Crippen molar-refractivity contribution in [1.82, 2.24) is 5.32 Å². The van der Waals surface area contributed by atoms with Crippen molar-refractivity contribution in [3.63, 3.8) is 0 Å². The molecule has 9 heteroatoms. The fourth-order valence-corrected chi connectivity index (χ4v) is 1.16. The third kappa shape index (κ3) is 8.54. The topological polar surface area (TPSA) is 73.5 Å². The van der Waals surface area contributed by atoms with Gasteiger partial charge in [-0.25, -0.2) is 0 Å². The minimum absolute atomic E-state index is 0. The van der Waals surface area contributed by atoms with Crippen LogP contribution in [0.15, 0.2) is 50.7 Å². The summed E-state index contributed by atoms with van der Waals surface area (Å²) in [6.45, 7) is 0. The van der Waals surface area contributed by atoms with Gasteiger partial charge in [0.2, 0.25) is 0 Å². The zero-order valence-electron chi connectivity index (χ0n) is 10.4. The average Bonchev–Trinajstić information content (AvgIpc) is 2.43. The van der Waals surface area contributed by atoms with Crippen molar-refractivity contribution >= 4 is 53.7 Å². The number of hydrogen-bond acceptors (Lipinski definition) is 6. The quantitative estimate of drug-likeness (QED) is 0.279. The Labute approximate surface area is 139 Å². The molecule has 0 aliphatic carbocycles. The molecule has 0 bridgehead atoms. The van der Waals surface area contributed by atoms with Gasteiger partial charge in [0, 0.05) is 17.9 Å². The van der Waals surface area contributed by atoms with E-state index in [9.17, 15) is 0 Å². The molecule has 1 radical (unpaired) electrons. The summed E-state index contributed by atoms with van der Waals surface area (Å²) in [6, 6.07) is 9.47. The van der Waals surface area contributed by atoms with Crippen molar-refractivity contribution in [2.24, 2.45) is 20.4 Å². The Kier molecular flexibility index (Phi) is 10.4. The summed E-state index contributed by atoms with van der Waals surface area (Å²) in [7, 11) is 1.67. The molecule has 0 atom stereocenters. The molecule has 0 heterocycles. The Morgan fingerprint density at radius 3 is 2.10 bits per heavy atom. The van der Waals surface area contributed by atoms with Gasteiger partial charge >= 0.3 is 17.1 Å². The van der Waals surface area contributed by atoms with E-state index in [0.29, 0.717) is 5.17 Å². The molecule has 2 N–H and O–H groups in total. The zero-order chi connectivity index (χ0) is 13.9. The zero-order valence-corrected chi connectivity index (χ0v) is 13.0. The summed E-state index contributed by atoms with van der Waals surface area (Å²) in [4.78, 5) is 0. The van der Waals surface area contributed by atoms with E-state index in [0.717, 1.165) is 5.69 Å². The molecule has 0 fully saturated rings. The van der Waals surface area contributed by atoms with Crippen LogP contribution in [0.4, 0.5) is 5.69 Å². The van der Waals surface area contributed by atoms with Crippen LogP contribution < -0.4 is 10.6 Å². The van der Waals surface area contributed by atoms with Crippen LogP contribution in [-0.4, -0.2) is 29.8 Å². The van der Waals surface area contributed by atoms with E-state index in [-0.39, 0.29) is 22.2 Å². The number of hydrogen-bond donors (Lipinski definition) is 2. The normalized spacial score (nSPS) is 12.4. The summed E-state index contributed by atoms with van der Waals surface area (Å²) in [5.74, 6) is 0. The Hall–Kier alpha value is -1.54. The Balaban J connectivity index is 0.00000361. The van der Waals surface area contributed by atoms with E-state index in [2.05, 4.69) is 31.0 Å². The van der Waals surface area contributed by atoms with Crippen molar-refractivity contribution < 1.29 is 17.1 Å². The second kappa shape index (κ2) is 11.3. The van der Waals surface area contributed by atoms with Crippen molar-refractivity contribution in [1.29, 1.82) is 0 Å². The van der Waals surface area contributed by atoms with Gasteiger partial charge < -0.3 is 35.9 Å². The van der Waals surface area contributed by atoms with Gasteiger partial charge in [0.05, 0.1) is 12.4 Å². The molecule has 0 aliphatic rings. The predicted molar refractivity (Wildman–Crippen MR) is 85.7 cm³/mol. The van der Waals surface area contributed by atoms with Crippen LogP contribution in [0.2, 0.25) is 0 Å². The number of para-hydroxylation sites is 1. The summed E-state index contributed by atoms with van der Waals surface area (Å²) in [5, 5.41) is 20.9. The first-order valence-electron chi connectivity index (χ1n) is 5.27. The third-order valence-corrected chi connectivity index (χ3v) is 2.21. The molecule has 1 rings (SSSR count). The van der Waals surface area contributed by atoms with E-state index in [1.165, 1.54) is 12.4 Å². The molecule has 0 aliphatic heterocycles. The summed E-state index contributed by atoms with van der Waals surface area (Å²) < 4.78 is 0. The van der Waals surface area contributed by atoms with E-state index in [4.69, 9.17) is 25.3 Å². The smallest absolute Gasteiger partial charge is 0.741 e. The Morgan fingerprint density at radius 1 is 1.00 bits per heavy atom. The van der Waals surface area contributed by atoms with Gasteiger partial charge in [-0.3, -0.25) is 0 Å². The van der Waals surface area contributed by atoms with Crippen molar-refractivity contribution in [3.8, 4) is 0 Å². The second-order valence-electron chi connectivity index (χ2n) is 3.08. The van der Waals surface area contributed by atoms with Gasteiger partial charge in [-0.1, -0.05) is 18.2 Å². The van der Waals surface area contributed by atoms with Gasteiger partial charge in [-0.05, 0) is 17.3 Å². The van der Waals surface area contributed by atoms with Crippen molar-refractivity contribution in [3.05, 3.63) is 30.3 Å². The number of nitrogens with one attached hydrogen (secondary N) is 2. The molecule has 20 heavy (non-hydrogen) atoms. The maximum Gasteiger partial charge on any atom is 2.00 e. The predicted octanol–water partition coefficient (Wildman–Crippen LogP) is 1.09. The third-order valence-electron chi connectivity index (χ3n) is 1.74. The van der Waals surface area contributed by atoms with Crippen LogP contribution in [0.1, 0.15) is 0 Å². The van der Waals surface area contributed by atoms with Crippen molar-refractivity contribution in [2.75, 3.05) is 12.4 Å². The molecule has 1 aromatic carbocycles. The van der Waals surface area contributed by atoms with Crippen LogP contribution in [0.5, 0.6) is 0 Å². The summed E-state index contributed by atoms with van der Waals surface area (Å²) in [6.07, 6.45) is 2.72.